The van der Waals surface area contributed by atoms with Gasteiger partial charge in [0.2, 0.25) is 5.91 Å². The maximum Gasteiger partial charge on any atom is 0.417 e. The van der Waals surface area contributed by atoms with Crippen LogP contribution in [0.4, 0.5) is 4.79 Å². The minimum atomic E-state index is -1.06. The number of ether oxygens (including phenoxy) is 4. The van der Waals surface area contributed by atoms with E-state index in [2.05, 4.69) is 0 Å². The molecule has 9 heteroatoms. The lowest BCUT2D eigenvalue weighted by molar-refractivity contribution is -0.142. The zero-order valence-electron chi connectivity index (χ0n) is 22.7. The number of rotatable bonds is 12. The Labute approximate surface area is 234 Å². The smallest absolute Gasteiger partial charge is 0.417 e. The van der Waals surface area contributed by atoms with Gasteiger partial charge in [-0.3, -0.25) is 9.59 Å². The highest BCUT2D eigenvalue weighted by molar-refractivity contribution is 6.01. The summed E-state index contributed by atoms with van der Waals surface area (Å²) < 4.78 is 22.7. The molecule has 5 atom stereocenters. The van der Waals surface area contributed by atoms with E-state index in [1.807, 2.05) is 60.7 Å². The highest BCUT2D eigenvalue weighted by Crippen LogP contribution is 2.34. The molecule has 0 unspecified atom stereocenters. The molecule has 212 valence electrons. The van der Waals surface area contributed by atoms with Crippen molar-refractivity contribution in [2.75, 3.05) is 19.8 Å². The Hall–Kier alpha value is -3.79. The van der Waals surface area contributed by atoms with E-state index in [-0.39, 0.29) is 19.0 Å². The van der Waals surface area contributed by atoms with Crippen molar-refractivity contribution in [2.24, 2.45) is 5.92 Å². The van der Waals surface area contributed by atoms with Crippen molar-refractivity contribution in [3.63, 3.8) is 0 Å². The predicted molar refractivity (Wildman–Crippen MR) is 146 cm³/mol. The Morgan fingerprint density at radius 3 is 2.45 bits per heavy atom. The van der Waals surface area contributed by atoms with Crippen molar-refractivity contribution in [3.8, 4) is 0 Å². The second-order valence-electron chi connectivity index (χ2n) is 9.80. The van der Waals surface area contributed by atoms with Gasteiger partial charge >= 0.3 is 6.09 Å². The fourth-order valence-electron chi connectivity index (χ4n) is 4.60. The molecule has 0 bridgehead atoms. The number of ketones is 1. The van der Waals surface area contributed by atoms with Gasteiger partial charge in [0, 0.05) is 0 Å². The van der Waals surface area contributed by atoms with Crippen molar-refractivity contribution in [1.82, 2.24) is 4.90 Å². The number of carbonyl (C=O) groups excluding carboxylic acids is 3. The number of cyclic esters (lactones) is 1. The van der Waals surface area contributed by atoms with E-state index in [1.54, 1.807) is 26.0 Å². The zero-order valence-corrected chi connectivity index (χ0v) is 22.7. The molecule has 1 fully saturated rings. The molecule has 2 aliphatic heterocycles. The molecule has 4 rings (SSSR count). The van der Waals surface area contributed by atoms with E-state index < -0.39 is 42.3 Å². The number of benzene rings is 2. The molecule has 9 nitrogen and oxygen atoms in total. The summed E-state index contributed by atoms with van der Waals surface area (Å²) in [4.78, 5) is 39.6. The molecular formula is C31H35NO8. The number of aliphatic hydroxyl groups excluding tert-OH is 1. The summed E-state index contributed by atoms with van der Waals surface area (Å²) in [6.07, 6.45) is 2.34. The maximum absolute atomic E-state index is 13.3. The third kappa shape index (κ3) is 7.24. The van der Waals surface area contributed by atoms with Crippen LogP contribution in [0.1, 0.15) is 37.5 Å². The SMILES string of the molecule is C[C@@H]1[C@H](c2ccccc2)OC(=O)N1C(=O)[C@H](C)[C@H]1OC(=CCCOC[C@@H](CO)OCc2ccccc2)C=CC1=O. The Morgan fingerprint density at radius 1 is 1.05 bits per heavy atom. The second kappa shape index (κ2) is 14.0. The summed E-state index contributed by atoms with van der Waals surface area (Å²) >= 11 is 0. The molecule has 0 aromatic heterocycles. The zero-order chi connectivity index (χ0) is 28.5. The molecule has 0 aliphatic carbocycles. The third-order valence-corrected chi connectivity index (χ3v) is 6.88. The Bertz CT molecular complexity index is 1210. The van der Waals surface area contributed by atoms with Crippen LogP contribution in [-0.2, 0) is 35.1 Å². The van der Waals surface area contributed by atoms with E-state index in [0.717, 1.165) is 16.0 Å². The van der Waals surface area contributed by atoms with Gasteiger partial charge in [0.05, 0.1) is 38.4 Å². The number of aliphatic hydroxyl groups is 1. The number of nitrogens with zero attached hydrogens (tertiary/aromatic N) is 1. The number of hydrogen-bond donors (Lipinski definition) is 1. The number of allylic oxidation sites excluding steroid dienone is 1. The van der Waals surface area contributed by atoms with Crippen LogP contribution in [0.3, 0.4) is 0 Å². The van der Waals surface area contributed by atoms with Crippen molar-refractivity contribution in [2.45, 2.75) is 51.2 Å². The first-order valence-corrected chi connectivity index (χ1v) is 13.4. The molecule has 2 amide bonds. The van der Waals surface area contributed by atoms with Crippen LogP contribution in [0.15, 0.2) is 84.7 Å². The van der Waals surface area contributed by atoms with Crippen LogP contribution < -0.4 is 0 Å². The summed E-state index contributed by atoms with van der Waals surface area (Å²) in [7, 11) is 0. The van der Waals surface area contributed by atoms with Gasteiger partial charge in [-0.25, -0.2) is 9.69 Å². The first-order chi connectivity index (χ1) is 19.4. The summed E-state index contributed by atoms with van der Waals surface area (Å²) in [5.74, 6) is -1.35. The van der Waals surface area contributed by atoms with Crippen LogP contribution in [0, 0.1) is 5.92 Å². The molecule has 2 heterocycles. The first-order valence-electron chi connectivity index (χ1n) is 13.4. The quantitative estimate of drug-likeness (QED) is 0.394. The second-order valence-corrected chi connectivity index (χ2v) is 9.80. The van der Waals surface area contributed by atoms with Gasteiger partial charge in [-0.1, -0.05) is 60.7 Å². The first kappa shape index (κ1) is 29.2. The van der Waals surface area contributed by atoms with Crippen molar-refractivity contribution < 1.29 is 38.4 Å². The highest BCUT2D eigenvalue weighted by Gasteiger charge is 2.47. The van der Waals surface area contributed by atoms with Crippen LogP contribution in [0.2, 0.25) is 0 Å². The lowest BCUT2D eigenvalue weighted by atomic mass is 9.95. The fraction of sp³-hybridized carbons (Fsp3) is 0.387. The maximum atomic E-state index is 13.3. The standard InChI is InChI=1S/C31H35NO8/c1-21(30(35)32-22(2)29(40-31(32)36)24-12-7-4-8-13-24)28-27(34)16-15-25(39-28)14-9-17-37-20-26(18-33)38-19-23-10-5-3-6-11-23/h3-8,10-16,21-22,26,28-29,33H,9,17-20H2,1-2H3/t21-,22-,26-,28-,29-/m1/s1. The molecule has 2 aromatic carbocycles. The average molecular weight is 550 g/mol. The van der Waals surface area contributed by atoms with Gasteiger partial charge < -0.3 is 24.1 Å². The Morgan fingerprint density at radius 2 is 1.75 bits per heavy atom. The molecule has 1 saturated heterocycles. The molecule has 0 spiro atoms. The van der Waals surface area contributed by atoms with Gasteiger partial charge in [-0.15, -0.1) is 0 Å². The van der Waals surface area contributed by atoms with Gasteiger partial charge in [0.1, 0.15) is 18.0 Å². The monoisotopic (exact) mass is 549 g/mol. The van der Waals surface area contributed by atoms with E-state index >= 15 is 0 Å². The van der Waals surface area contributed by atoms with Gasteiger partial charge in [0.25, 0.3) is 0 Å². The number of imide groups is 1. The molecule has 2 aromatic rings. The number of hydrogen-bond acceptors (Lipinski definition) is 8. The molecule has 0 radical (unpaired) electrons. The van der Waals surface area contributed by atoms with Gasteiger partial charge in [-0.05, 0) is 49.6 Å². The van der Waals surface area contributed by atoms with Crippen molar-refractivity contribution >= 4 is 17.8 Å². The van der Waals surface area contributed by atoms with Crippen molar-refractivity contribution in [1.29, 1.82) is 0 Å². The minimum Gasteiger partial charge on any atom is -0.482 e. The molecule has 40 heavy (non-hydrogen) atoms. The molecule has 0 saturated carbocycles. The summed E-state index contributed by atoms with van der Waals surface area (Å²) in [5, 5.41) is 9.56. The molecular weight excluding hydrogens is 514 g/mol. The highest BCUT2D eigenvalue weighted by atomic mass is 16.6. The van der Waals surface area contributed by atoms with Crippen LogP contribution in [-0.4, -0.2) is 65.9 Å². The van der Waals surface area contributed by atoms with Gasteiger partial charge in [0.15, 0.2) is 11.9 Å². The van der Waals surface area contributed by atoms with E-state index in [9.17, 15) is 19.5 Å². The normalized spacial score (nSPS) is 23.1. The molecule has 1 N–H and O–H groups in total. The fourth-order valence-corrected chi connectivity index (χ4v) is 4.60. The Kier molecular flexibility index (Phi) is 10.2. The van der Waals surface area contributed by atoms with Crippen molar-refractivity contribution in [3.05, 3.63) is 95.8 Å². The number of carbonyl (C=O) groups is 3. The lowest BCUT2D eigenvalue weighted by Crippen LogP contribution is -2.47. The van der Waals surface area contributed by atoms with Crippen LogP contribution in [0.25, 0.3) is 0 Å². The van der Waals surface area contributed by atoms with E-state index in [4.69, 9.17) is 18.9 Å². The predicted octanol–water partition coefficient (Wildman–Crippen LogP) is 4.12. The molecule has 2 aliphatic rings. The van der Waals surface area contributed by atoms with E-state index in [0.29, 0.717) is 25.4 Å². The van der Waals surface area contributed by atoms with Gasteiger partial charge in [-0.2, -0.15) is 0 Å². The van der Waals surface area contributed by atoms with Crippen LogP contribution >= 0.6 is 0 Å². The summed E-state index contributed by atoms with van der Waals surface area (Å²) in [5.41, 5.74) is 1.80. The van der Waals surface area contributed by atoms with E-state index in [1.165, 1.54) is 6.08 Å². The topological polar surface area (TPSA) is 112 Å². The lowest BCUT2D eigenvalue weighted by Gasteiger charge is -2.28. The number of amides is 2. The summed E-state index contributed by atoms with van der Waals surface area (Å²) in [6, 6.07) is 18.4. The van der Waals surface area contributed by atoms with Crippen LogP contribution in [0.5, 0.6) is 0 Å². The largest absolute Gasteiger partial charge is 0.482 e. The average Bonchev–Trinajstić information content (AvgIpc) is 3.28. The Balaban J connectivity index is 1.26. The summed E-state index contributed by atoms with van der Waals surface area (Å²) in [6.45, 7) is 4.11. The third-order valence-electron chi connectivity index (χ3n) is 6.88. The minimum absolute atomic E-state index is 0.162.